The van der Waals surface area contributed by atoms with Gasteiger partial charge < -0.3 is 10.1 Å². The first kappa shape index (κ1) is 16.7. The standard InChI is InChI=1S/C16H26BrN3O/c1-5-6-12-13(17)14(18-3)20-15(19-12)16(21-4)9-7-11(2)8-10-16/h11H,5-10H2,1-4H3,(H,18,19,20). The van der Waals surface area contributed by atoms with Gasteiger partial charge in [-0.15, -0.1) is 0 Å². The number of aromatic nitrogens is 2. The van der Waals surface area contributed by atoms with Crippen LogP contribution in [-0.2, 0) is 16.8 Å². The van der Waals surface area contributed by atoms with E-state index >= 15 is 0 Å². The molecule has 1 heterocycles. The molecule has 1 aliphatic rings. The SMILES string of the molecule is CCCc1nc(C2(OC)CCC(C)CC2)nc(NC)c1Br. The van der Waals surface area contributed by atoms with Gasteiger partial charge >= 0.3 is 0 Å². The summed E-state index contributed by atoms with van der Waals surface area (Å²) in [5.41, 5.74) is 0.753. The minimum atomic E-state index is -0.318. The number of nitrogens with zero attached hydrogens (tertiary/aromatic N) is 2. The summed E-state index contributed by atoms with van der Waals surface area (Å²) in [6.07, 6.45) is 6.36. The second kappa shape index (κ2) is 7.05. The predicted molar refractivity (Wildman–Crippen MR) is 89.6 cm³/mol. The number of ether oxygens (including phenoxy) is 1. The molecule has 0 unspecified atom stereocenters. The van der Waals surface area contributed by atoms with E-state index in [1.165, 1.54) is 12.8 Å². The molecule has 1 aromatic heterocycles. The topological polar surface area (TPSA) is 47.0 Å². The fourth-order valence-corrected chi connectivity index (χ4v) is 3.59. The summed E-state index contributed by atoms with van der Waals surface area (Å²) in [7, 11) is 3.69. The lowest BCUT2D eigenvalue weighted by molar-refractivity contribution is -0.0598. The molecule has 0 aliphatic heterocycles. The third kappa shape index (κ3) is 3.39. The second-order valence-corrected chi connectivity index (χ2v) is 6.83. The zero-order valence-corrected chi connectivity index (χ0v) is 15.1. The fourth-order valence-electron chi connectivity index (χ4n) is 3.01. The molecule has 5 heteroatoms. The van der Waals surface area contributed by atoms with Crippen LogP contribution >= 0.6 is 15.9 Å². The van der Waals surface area contributed by atoms with Crippen LogP contribution in [0.25, 0.3) is 0 Å². The normalized spacial score (nSPS) is 25.9. The molecule has 118 valence electrons. The Hall–Kier alpha value is -0.680. The summed E-state index contributed by atoms with van der Waals surface area (Å²) >= 11 is 3.62. The lowest BCUT2D eigenvalue weighted by Crippen LogP contribution is -2.35. The van der Waals surface area contributed by atoms with E-state index in [9.17, 15) is 0 Å². The Kier molecular flexibility index (Phi) is 5.60. The Labute approximate surface area is 136 Å². The van der Waals surface area contributed by atoms with Crippen LogP contribution in [-0.4, -0.2) is 24.1 Å². The van der Waals surface area contributed by atoms with E-state index in [0.717, 1.165) is 53.4 Å². The fraction of sp³-hybridized carbons (Fsp3) is 0.750. The molecule has 1 fully saturated rings. The Morgan fingerprint density at radius 1 is 1.33 bits per heavy atom. The monoisotopic (exact) mass is 355 g/mol. The Balaban J connectivity index is 2.43. The van der Waals surface area contributed by atoms with Crippen molar-refractivity contribution in [2.24, 2.45) is 5.92 Å². The van der Waals surface area contributed by atoms with Crippen molar-refractivity contribution in [3.8, 4) is 0 Å². The smallest absolute Gasteiger partial charge is 0.162 e. The lowest BCUT2D eigenvalue weighted by Gasteiger charge is -2.37. The van der Waals surface area contributed by atoms with E-state index in [1.807, 2.05) is 7.05 Å². The summed E-state index contributed by atoms with van der Waals surface area (Å²) < 4.78 is 6.90. The third-order valence-corrected chi connectivity index (χ3v) is 5.36. The first-order chi connectivity index (χ1) is 10.1. The highest BCUT2D eigenvalue weighted by Crippen LogP contribution is 2.41. The van der Waals surface area contributed by atoms with Crippen molar-refractivity contribution in [1.82, 2.24) is 9.97 Å². The molecule has 1 aliphatic carbocycles. The summed E-state index contributed by atoms with van der Waals surface area (Å²) in [5, 5.41) is 3.17. The highest BCUT2D eigenvalue weighted by atomic mass is 79.9. The van der Waals surface area contributed by atoms with Gasteiger partial charge in [-0.05, 0) is 54.0 Å². The largest absolute Gasteiger partial charge is 0.372 e. The molecule has 4 nitrogen and oxygen atoms in total. The minimum Gasteiger partial charge on any atom is -0.372 e. The number of anilines is 1. The average Bonchev–Trinajstić information content (AvgIpc) is 2.51. The number of rotatable bonds is 5. The van der Waals surface area contributed by atoms with Gasteiger partial charge in [0.25, 0.3) is 0 Å². The molecule has 0 atom stereocenters. The summed E-state index contributed by atoms with van der Waals surface area (Å²) in [6, 6.07) is 0. The van der Waals surface area contributed by atoms with Crippen LogP contribution in [0.5, 0.6) is 0 Å². The van der Waals surface area contributed by atoms with Crippen LogP contribution < -0.4 is 5.32 Å². The van der Waals surface area contributed by atoms with Crippen LogP contribution in [0, 0.1) is 5.92 Å². The predicted octanol–water partition coefficient (Wildman–Crippen LogP) is 4.29. The molecule has 0 bridgehead atoms. The average molecular weight is 356 g/mol. The van der Waals surface area contributed by atoms with E-state index < -0.39 is 0 Å². The molecule has 1 aromatic rings. The number of hydrogen-bond donors (Lipinski definition) is 1. The zero-order chi connectivity index (χ0) is 15.5. The Morgan fingerprint density at radius 2 is 2.00 bits per heavy atom. The zero-order valence-electron chi connectivity index (χ0n) is 13.5. The van der Waals surface area contributed by atoms with Crippen molar-refractivity contribution in [3.05, 3.63) is 16.0 Å². The molecule has 0 spiro atoms. The van der Waals surface area contributed by atoms with Crippen molar-refractivity contribution >= 4 is 21.7 Å². The second-order valence-electron chi connectivity index (χ2n) is 6.04. The van der Waals surface area contributed by atoms with E-state index in [4.69, 9.17) is 14.7 Å². The van der Waals surface area contributed by atoms with Gasteiger partial charge in [0.2, 0.25) is 0 Å². The summed E-state index contributed by atoms with van der Waals surface area (Å²) in [5.74, 6) is 2.47. The van der Waals surface area contributed by atoms with Gasteiger partial charge in [0.05, 0.1) is 10.2 Å². The third-order valence-electron chi connectivity index (χ3n) is 4.52. The van der Waals surface area contributed by atoms with Crippen molar-refractivity contribution in [2.75, 3.05) is 19.5 Å². The molecule has 0 radical (unpaired) electrons. The van der Waals surface area contributed by atoms with E-state index in [-0.39, 0.29) is 5.60 Å². The van der Waals surface area contributed by atoms with Crippen LogP contribution in [0.4, 0.5) is 5.82 Å². The highest BCUT2D eigenvalue weighted by Gasteiger charge is 2.39. The minimum absolute atomic E-state index is 0.318. The first-order valence-electron chi connectivity index (χ1n) is 7.86. The van der Waals surface area contributed by atoms with Crippen LogP contribution in [0.15, 0.2) is 4.47 Å². The van der Waals surface area contributed by atoms with Gasteiger partial charge in [0.15, 0.2) is 5.82 Å². The maximum Gasteiger partial charge on any atom is 0.162 e. The number of hydrogen-bond acceptors (Lipinski definition) is 4. The quantitative estimate of drug-likeness (QED) is 0.855. The van der Waals surface area contributed by atoms with Crippen LogP contribution in [0.1, 0.15) is 57.5 Å². The highest BCUT2D eigenvalue weighted by molar-refractivity contribution is 9.10. The Bertz CT molecular complexity index is 485. The van der Waals surface area contributed by atoms with Gasteiger partial charge in [0, 0.05) is 14.2 Å². The molecular weight excluding hydrogens is 330 g/mol. The van der Waals surface area contributed by atoms with Gasteiger partial charge in [-0.1, -0.05) is 20.3 Å². The molecule has 0 amide bonds. The molecule has 21 heavy (non-hydrogen) atoms. The van der Waals surface area contributed by atoms with Crippen molar-refractivity contribution in [2.45, 2.75) is 58.0 Å². The number of methoxy groups -OCH3 is 1. The molecule has 0 aromatic carbocycles. The van der Waals surface area contributed by atoms with Crippen LogP contribution in [0.3, 0.4) is 0 Å². The van der Waals surface area contributed by atoms with E-state index in [2.05, 4.69) is 35.1 Å². The van der Waals surface area contributed by atoms with Crippen LogP contribution in [0.2, 0.25) is 0 Å². The molecular formula is C16H26BrN3O. The van der Waals surface area contributed by atoms with Crippen molar-refractivity contribution in [1.29, 1.82) is 0 Å². The Morgan fingerprint density at radius 3 is 2.52 bits per heavy atom. The van der Waals surface area contributed by atoms with Gasteiger partial charge in [-0.3, -0.25) is 0 Å². The van der Waals surface area contributed by atoms with Crippen molar-refractivity contribution in [3.63, 3.8) is 0 Å². The molecule has 1 N–H and O–H groups in total. The number of halogens is 1. The lowest BCUT2D eigenvalue weighted by atomic mass is 9.79. The summed E-state index contributed by atoms with van der Waals surface area (Å²) in [4.78, 5) is 9.57. The van der Waals surface area contributed by atoms with Gasteiger partial charge in [-0.2, -0.15) is 0 Å². The summed E-state index contributed by atoms with van der Waals surface area (Å²) in [6.45, 7) is 4.48. The molecule has 1 saturated carbocycles. The maximum absolute atomic E-state index is 5.92. The molecule has 2 rings (SSSR count). The number of nitrogens with one attached hydrogen (secondary N) is 1. The molecule has 0 saturated heterocycles. The number of aryl methyl sites for hydroxylation is 1. The van der Waals surface area contributed by atoms with E-state index in [1.54, 1.807) is 7.11 Å². The maximum atomic E-state index is 5.92. The van der Waals surface area contributed by atoms with E-state index in [0.29, 0.717) is 0 Å². The first-order valence-corrected chi connectivity index (χ1v) is 8.65. The van der Waals surface area contributed by atoms with Gasteiger partial charge in [-0.25, -0.2) is 9.97 Å². The van der Waals surface area contributed by atoms with Crippen molar-refractivity contribution < 1.29 is 4.74 Å². The van der Waals surface area contributed by atoms with Gasteiger partial charge in [0.1, 0.15) is 11.4 Å².